The third-order valence-electron chi connectivity index (χ3n) is 3.96. The summed E-state index contributed by atoms with van der Waals surface area (Å²) < 4.78 is 7.71. The lowest BCUT2D eigenvalue weighted by Gasteiger charge is -2.43. The van der Waals surface area contributed by atoms with Crippen LogP contribution in [0.25, 0.3) is 11.4 Å². The Kier molecular flexibility index (Phi) is 3.92. The number of nitrogens with one attached hydrogen (secondary N) is 1. The molecule has 0 unspecified atom stereocenters. The maximum absolute atomic E-state index is 10.6. The van der Waals surface area contributed by atoms with Gasteiger partial charge in [-0.25, -0.2) is 4.31 Å². The molecule has 0 spiro atoms. The molecular formula is C15H18N4O2S. The molecule has 0 radical (unpaired) electrons. The van der Waals surface area contributed by atoms with Crippen LogP contribution < -0.4 is 5.32 Å². The molecule has 2 aromatic rings. The third-order valence-corrected chi connectivity index (χ3v) is 4.74. The summed E-state index contributed by atoms with van der Waals surface area (Å²) in [6.45, 7) is 5.87. The molecule has 1 N–H and O–H groups in total. The summed E-state index contributed by atoms with van der Waals surface area (Å²) in [6, 6.07) is 5.71. The molecule has 7 heteroatoms. The van der Waals surface area contributed by atoms with Crippen LogP contribution in [0.3, 0.4) is 0 Å². The van der Waals surface area contributed by atoms with E-state index in [-0.39, 0.29) is 5.41 Å². The first kappa shape index (κ1) is 15.1. The summed E-state index contributed by atoms with van der Waals surface area (Å²) in [5, 5.41) is 6.77. The van der Waals surface area contributed by atoms with Gasteiger partial charge in [0.25, 0.3) is 0 Å². The molecule has 1 aliphatic rings. The van der Waals surface area contributed by atoms with Crippen molar-refractivity contribution in [3.63, 3.8) is 0 Å². The van der Waals surface area contributed by atoms with Crippen LogP contribution in [0.4, 0.5) is 5.69 Å². The maximum atomic E-state index is 10.6. The number of amides is 1. The third kappa shape index (κ3) is 2.62. The first-order valence-electron chi connectivity index (χ1n) is 7.00. The molecule has 1 saturated heterocycles. The maximum Gasteiger partial charge on any atom is 0.235 e. The molecule has 116 valence electrons. The highest BCUT2D eigenvalue weighted by Crippen LogP contribution is 2.37. The van der Waals surface area contributed by atoms with Crippen LogP contribution in [0, 0.1) is 6.92 Å². The van der Waals surface area contributed by atoms with Gasteiger partial charge in [-0.2, -0.15) is 4.98 Å². The van der Waals surface area contributed by atoms with E-state index in [4.69, 9.17) is 4.52 Å². The molecule has 2 heterocycles. The Morgan fingerprint density at radius 3 is 2.91 bits per heavy atom. The van der Waals surface area contributed by atoms with E-state index in [1.807, 2.05) is 25.1 Å². The van der Waals surface area contributed by atoms with Crippen LogP contribution in [-0.2, 0) is 10.2 Å². The fourth-order valence-corrected chi connectivity index (χ4v) is 3.39. The van der Waals surface area contributed by atoms with Crippen molar-refractivity contribution in [2.24, 2.45) is 0 Å². The lowest BCUT2D eigenvalue weighted by molar-refractivity contribution is -0.105. The van der Waals surface area contributed by atoms with Crippen molar-refractivity contribution in [1.82, 2.24) is 14.4 Å². The van der Waals surface area contributed by atoms with Crippen LogP contribution in [0.15, 0.2) is 22.7 Å². The van der Waals surface area contributed by atoms with Crippen LogP contribution in [0.5, 0.6) is 0 Å². The molecule has 1 amide bonds. The number of carbonyl (C=O) groups excluding carboxylic acids is 1. The monoisotopic (exact) mass is 318 g/mol. The van der Waals surface area contributed by atoms with Crippen molar-refractivity contribution >= 4 is 24.0 Å². The quantitative estimate of drug-likeness (QED) is 0.674. The van der Waals surface area contributed by atoms with Crippen molar-refractivity contribution in [3.8, 4) is 11.4 Å². The zero-order valence-electron chi connectivity index (χ0n) is 12.8. The number of aryl methyl sites for hydroxylation is 1. The van der Waals surface area contributed by atoms with Crippen molar-refractivity contribution in [2.45, 2.75) is 19.3 Å². The zero-order valence-corrected chi connectivity index (χ0v) is 13.6. The molecule has 0 bridgehead atoms. The van der Waals surface area contributed by atoms with Crippen molar-refractivity contribution < 1.29 is 9.32 Å². The summed E-state index contributed by atoms with van der Waals surface area (Å²) in [4.78, 5) is 15.2. The largest absolute Gasteiger partial charge is 0.338 e. The first-order valence-corrected chi connectivity index (χ1v) is 8.18. The predicted molar refractivity (Wildman–Crippen MR) is 86.6 cm³/mol. The van der Waals surface area contributed by atoms with Gasteiger partial charge in [-0.1, -0.05) is 29.2 Å². The lowest BCUT2D eigenvalue weighted by Crippen LogP contribution is -2.54. The number of nitrogens with zero attached hydrogens (tertiary/aromatic N) is 3. The summed E-state index contributed by atoms with van der Waals surface area (Å²) in [5.74, 6) is 1.21. The predicted octanol–water partition coefficient (Wildman–Crippen LogP) is 2.46. The summed E-state index contributed by atoms with van der Waals surface area (Å²) in [5.41, 5.74) is 2.49. The van der Waals surface area contributed by atoms with Gasteiger partial charge >= 0.3 is 0 Å². The van der Waals surface area contributed by atoms with Crippen molar-refractivity contribution in [1.29, 1.82) is 0 Å². The number of rotatable bonds is 5. The van der Waals surface area contributed by atoms with Crippen LogP contribution in [-0.4, -0.2) is 40.2 Å². The number of carbonyl (C=O) groups is 1. The van der Waals surface area contributed by atoms with Crippen molar-refractivity contribution in [2.75, 3.05) is 24.7 Å². The van der Waals surface area contributed by atoms with E-state index in [0.717, 1.165) is 29.9 Å². The topological polar surface area (TPSA) is 71.3 Å². The smallest absolute Gasteiger partial charge is 0.235 e. The van der Waals surface area contributed by atoms with Crippen LogP contribution in [0.2, 0.25) is 0 Å². The Hall–Kier alpha value is -1.86. The lowest BCUT2D eigenvalue weighted by atomic mass is 9.84. The van der Waals surface area contributed by atoms with Gasteiger partial charge in [0.1, 0.15) is 0 Å². The number of anilines is 1. The standard InChI is InChI=1S/C15H18N4O2S/c1-10-4-5-11(6-12(10)16-9-20)13-17-14(21-18-13)15(2)7-19(8-15)22-3/h4-6,9H,7-8H2,1-3H3,(H,16,20). The molecule has 0 aliphatic carbocycles. The van der Waals surface area contributed by atoms with E-state index in [2.05, 4.69) is 32.9 Å². The van der Waals surface area contributed by atoms with E-state index in [1.165, 1.54) is 0 Å². The molecule has 0 saturated carbocycles. The Morgan fingerprint density at radius 2 is 2.23 bits per heavy atom. The molecule has 6 nitrogen and oxygen atoms in total. The fourth-order valence-electron chi connectivity index (χ4n) is 2.56. The molecule has 1 fully saturated rings. The Balaban J connectivity index is 1.85. The minimum atomic E-state index is -0.0805. The van der Waals surface area contributed by atoms with E-state index < -0.39 is 0 Å². The minimum Gasteiger partial charge on any atom is -0.338 e. The van der Waals surface area contributed by atoms with Gasteiger partial charge < -0.3 is 9.84 Å². The van der Waals surface area contributed by atoms with Crippen LogP contribution >= 0.6 is 11.9 Å². The average Bonchev–Trinajstić information content (AvgIpc) is 2.96. The van der Waals surface area contributed by atoms with Crippen molar-refractivity contribution in [3.05, 3.63) is 29.7 Å². The van der Waals surface area contributed by atoms with E-state index in [9.17, 15) is 4.79 Å². The molecule has 1 aliphatic heterocycles. The second kappa shape index (κ2) is 5.73. The Morgan fingerprint density at radius 1 is 1.45 bits per heavy atom. The summed E-state index contributed by atoms with van der Waals surface area (Å²) in [7, 11) is 0. The van der Waals surface area contributed by atoms with Crippen LogP contribution in [0.1, 0.15) is 18.4 Å². The van der Waals surface area contributed by atoms with Gasteiger partial charge in [0.15, 0.2) is 0 Å². The normalized spacial score (nSPS) is 17.0. The Bertz CT molecular complexity index is 695. The fraction of sp³-hybridized carbons (Fsp3) is 0.400. The number of hydrogen-bond donors (Lipinski definition) is 1. The average molecular weight is 318 g/mol. The van der Waals surface area contributed by atoms with Gasteiger partial charge in [0.2, 0.25) is 18.1 Å². The SMILES string of the molecule is CSN1CC(C)(c2nc(-c3ccc(C)c(NC=O)c3)no2)C1. The molecule has 22 heavy (non-hydrogen) atoms. The Labute approximate surface area is 133 Å². The number of aromatic nitrogens is 2. The highest BCUT2D eigenvalue weighted by atomic mass is 32.2. The highest BCUT2D eigenvalue weighted by Gasteiger charge is 2.44. The molecular weight excluding hydrogens is 300 g/mol. The van der Waals surface area contributed by atoms with Gasteiger partial charge in [0.05, 0.1) is 5.41 Å². The summed E-state index contributed by atoms with van der Waals surface area (Å²) in [6.07, 6.45) is 2.73. The van der Waals surface area contributed by atoms with Gasteiger partial charge in [0, 0.05) is 24.3 Å². The van der Waals surface area contributed by atoms with E-state index >= 15 is 0 Å². The summed E-state index contributed by atoms with van der Waals surface area (Å²) >= 11 is 1.72. The second-order valence-corrected chi connectivity index (χ2v) is 6.64. The van der Waals surface area contributed by atoms with Gasteiger partial charge in [-0.3, -0.25) is 4.79 Å². The zero-order chi connectivity index (χ0) is 15.7. The van der Waals surface area contributed by atoms with Gasteiger partial charge in [-0.05, 0) is 31.7 Å². The van der Waals surface area contributed by atoms with E-state index in [0.29, 0.717) is 18.1 Å². The molecule has 0 atom stereocenters. The first-order chi connectivity index (χ1) is 10.6. The van der Waals surface area contributed by atoms with Gasteiger partial charge in [-0.15, -0.1) is 0 Å². The van der Waals surface area contributed by atoms with E-state index in [1.54, 1.807) is 11.9 Å². The molecule has 3 rings (SSSR count). The molecule has 1 aromatic heterocycles. The minimum absolute atomic E-state index is 0.0805. The second-order valence-electron chi connectivity index (χ2n) is 5.76. The molecule has 1 aromatic carbocycles. The number of hydrogen-bond acceptors (Lipinski definition) is 6. The highest BCUT2D eigenvalue weighted by molar-refractivity contribution is 7.96. The number of benzene rings is 1.